The van der Waals surface area contributed by atoms with E-state index in [1.165, 1.54) is 0 Å². The number of hydrogen-bond acceptors (Lipinski definition) is 8. The Morgan fingerprint density at radius 3 is 1.35 bits per heavy atom. The highest BCUT2D eigenvalue weighted by Crippen LogP contribution is 2.16. The van der Waals surface area contributed by atoms with Crippen LogP contribution in [0.1, 0.15) is 119 Å². The molecule has 0 aromatic carbocycles. The Morgan fingerprint density at radius 1 is 0.600 bits per heavy atom. The summed E-state index contributed by atoms with van der Waals surface area (Å²) in [4.78, 5) is 48.7. The van der Waals surface area contributed by atoms with Crippen LogP contribution in [0.3, 0.4) is 0 Å². The minimum Gasteiger partial charge on any atom is -0.466 e. The van der Waals surface area contributed by atoms with Gasteiger partial charge in [0, 0.05) is 37.1 Å². The Bertz CT molecular complexity index is 800. The van der Waals surface area contributed by atoms with Crippen molar-refractivity contribution in [2.24, 2.45) is 33.9 Å². The van der Waals surface area contributed by atoms with Gasteiger partial charge in [0.25, 0.3) is 0 Å². The normalized spacial score (nSPS) is 23.6. The Morgan fingerprint density at radius 2 is 0.975 bits per heavy atom. The second-order valence-electron chi connectivity index (χ2n) is 11.6. The summed E-state index contributed by atoms with van der Waals surface area (Å²) in [6.07, 6.45) is 6.23. The molecular weight excluding hydrogens is 512 g/mol. The van der Waals surface area contributed by atoms with E-state index in [2.05, 4.69) is 34.9 Å². The van der Waals surface area contributed by atoms with Crippen LogP contribution in [0.4, 0.5) is 0 Å². The highest BCUT2D eigenvalue weighted by Gasteiger charge is 2.14. The average Bonchev–Trinajstić information content (AvgIpc) is 2.87. The van der Waals surface area contributed by atoms with E-state index < -0.39 is 0 Å². The monoisotopic (exact) mass is 564 g/mol. The van der Waals surface area contributed by atoms with Crippen LogP contribution in [0.25, 0.3) is 0 Å². The number of nitrogens with zero attached hydrogens (tertiary/aromatic N) is 2. The molecule has 228 valence electrons. The predicted octanol–water partition coefficient (Wildman–Crippen LogP) is 5.30. The van der Waals surface area contributed by atoms with Gasteiger partial charge in [0.2, 0.25) is 11.8 Å². The number of hydrogen-bond donors (Lipinski definition) is 2. The number of esters is 2. The standard InChI is InChI=1S/C30H52N4O6/c1-21(2)25-15-13-23(5)17-19-39-29(37)11-8-12-30(38)40-20-18-24(6)14-16-26(22(3)4)32-34-28(36)10-7-9-27(35)33-31-25/h21-24H,7-20H2,1-6H3,(H,33,35)(H,34,36)/t23-,24-/m1/s1. The third-order valence-corrected chi connectivity index (χ3v) is 7.08. The molecule has 0 aromatic rings. The zero-order valence-corrected chi connectivity index (χ0v) is 25.6. The Hall–Kier alpha value is -2.78. The van der Waals surface area contributed by atoms with E-state index in [-0.39, 0.29) is 61.3 Å². The van der Waals surface area contributed by atoms with Gasteiger partial charge < -0.3 is 9.47 Å². The lowest BCUT2D eigenvalue weighted by Crippen LogP contribution is -2.24. The molecule has 1 rings (SSSR count). The molecule has 2 atom stereocenters. The van der Waals surface area contributed by atoms with E-state index in [1.807, 2.05) is 27.7 Å². The van der Waals surface area contributed by atoms with E-state index in [1.54, 1.807) is 0 Å². The first-order chi connectivity index (χ1) is 19.0. The van der Waals surface area contributed by atoms with Gasteiger partial charge in [0.1, 0.15) is 0 Å². The predicted molar refractivity (Wildman–Crippen MR) is 156 cm³/mol. The molecule has 0 saturated heterocycles. The molecule has 1 aliphatic rings. The maximum absolute atomic E-state index is 12.3. The number of hydrazone groups is 2. The summed E-state index contributed by atoms with van der Waals surface area (Å²) in [5.74, 6) is -0.0444. The lowest BCUT2D eigenvalue weighted by Gasteiger charge is -2.15. The van der Waals surface area contributed by atoms with E-state index in [0.717, 1.165) is 49.9 Å². The van der Waals surface area contributed by atoms with Gasteiger partial charge in [-0.3, -0.25) is 19.2 Å². The number of amides is 2. The summed E-state index contributed by atoms with van der Waals surface area (Å²) in [6, 6.07) is 0. The van der Waals surface area contributed by atoms with Crippen molar-refractivity contribution in [2.75, 3.05) is 13.2 Å². The van der Waals surface area contributed by atoms with Crippen LogP contribution >= 0.6 is 0 Å². The van der Waals surface area contributed by atoms with Gasteiger partial charge >= 0.3 is 11.9 Å². The summed E-state index contributed by atoms with van der Waals surface area (Å²) in [5.41, 5.74) is 7.08. The number of ether oxygens (including phenoxy) is 2. The van der Waals surface area contributed by atoms with Gasteiger partial charge in [-0.25, -0.2) is 10.9 Å². The van der Waals surface area contributed by atoms with Crippen molar-refractivity contribution < 1.29 is 28.7 Å². The molecule has 10 heteroatoms. The number of nitrogens with one attached hydrogen (secondary N) is 2. The molecule has 2 N–H and O–H groups in total. The highest BCUT2D eigenvalue weighted by molar-refractivity contribution is 5.88. The third kappa shape index (κ3) is 17.0. The molecule has 0 bridgehead atoms. The molecule has 0 unspecified atom stereocenters. The summed E-state index contributed by atoms with van der Waals surface area (Å²) in [7, 11) is 0. The van der Waals surface area contributed by atoms with Crippen molar-refractivity contribution in [1.29, 1.82) is 0 Å². The molecule has 0 spiro atoms. The third-order valence-electron chi connectivity index (χ3n) is 7.08. The van der Waals surface area contributed by atoms with Crippen LogP contribution in [0.15, 0.2) is 10.2 Å². The van der Waals surface area contributed by atoms with Gasteiger partial charge in [0.15, 0.2) is 0 Å². The van der Waals surface area contributed by atoms with Gasteiger partial charge in [-0.15, -0.1) is 0 Å². The Balaban J connectivity index is 2.77. The maximum atomic E-state index is 12.3. The van der Waals surface area contributed by atoms with Gasteiger partial charge in [-0.05, 0) is 75.0 Å². The van der Waals surface area contributed by atoms with Crippen LogP contribution in [0.5, 0.6) is 0 Å². The minimum atomic E-state index is -0.298. The molecular formula is C30H52N4O6. The average molecular weight is 565 g/mol. The molecule has 10 nitrogen and oxygen atoms in total. The molecule has 1 heterocycles. The number of carbonyl (C=O) groups is 4. The Kier molecular flexibility index (Phi) is 17.8. The van der Waals surface area contributed by atoms with E-state index in [0.29, 0.717) is 37.9 Å². The fourth-order valence-electron chi connectivity index (χ4n) is 4.08. The number of rotatable bonds is 2. The molecule has 40 heavy (non-hydrogen) atoms. The van der Waals surface area contributed by atoms with Crippen molar-refractivity contribution in [3.8, 4) is 0 Å². The smallest absolute Gasteiger partial charge is 0.305 e. The van der Waals surface area contributed by atoms with E-state index in [9.17, 15) is 19.2 Å². The summed E-state index contributed by atoms with van der Waals surface area (Å²) >= 11 is 0. The molecule has 2 amide bonds. The fraction of sp³-hybridized carbons (Fsp3) is 0.800. The zero-order chi connectivity index (χ0) is 29.9. The quantitative estimate of drug-likeness (QED) is 0.437. The summed E-state index contributed by atoms with van der Waals surface area (Å²) in [6.45, 7) is 13.0. The number of carbonyl (C=O) groups excluding carboxylic acids is 4. The van der Waals surface area contributed by atoms with Crippen LogP contribution < -0.4 is 10.9 Å². The highest BCUT2D eigenvalue weighted by atomic mass is 16.5. The van der Waals surface area contributed by atoms with Crippen molar-refractivity contribution in [3.63, 3.8) is 0 Å². The molecule has 0 aliphatic carbocycles. The molecule has 0 saturated carbocycles. The van der Waals surface area contributed by atoms with Gasteiger partial charge in [-0.2, -0.15) is 10.2 Å². The first kappa shape index (κ1) is 35.2. The van der Waals surface area contributed by atoms with Crippen LogP contribution in [0, 0.1) is 23.7 Å². The summed E-state index contributed by atoms with van der Waals surface area (Å²) < 4.78 is 10.7. The van der Waals surface area contributed by atoms with Crippen molar-refractivity contribution >= 4 is 35.2 Å². The second-order valence-corrected chi connectivity index (χ2v) is 11.6. The Labute approximate surface area is 240 Å². The lowest BCUT2D eigenvalue weighted by atomic mass is 9.96. The largest absolute Gasteiger partial charge is 0.466 e. The molecule has 1 aliphatic heterocycles. The SMILES string of the molecule is CC(C)C1=NNC(=O)CCCC(=O)NN=C(C(C)C)CC[C@@H](C)CCOC(=O)CCCC(=O)OCC[C@H](C)CC1. The number of cyclic esters (lactones) is 2. The molecule has 0 radical (unpaired) electrons. The van der Waals surface area contributed by atoms with Crippen LogP contribution in [-0.2, 0) is 28.7 Å². The van der Waals surface area contributed by atoms with Gasteiger partial charge in [0.05, 0.1) is 13.2 Å². The van der Waals surface area contributed by atoms with Crippen LogP contribution in [-0.4, -0.2) is 48.4 Å². The first-order valence-corrected chi connectivity index (χ1v) is 15.0. The van der Waals surface area contributed by atoms with E-state index in [4.69, 9.17) is 9.47 Å². The molecule has 0 fully saturated rings. The lowest BCUT2D eigenvalue weighted by molar-refractivity contribution is -0.146. The minimum absolute atomic E-state index is 0.180. The van der Waals surface area contributed by atoms with Crippen molar-refractivity contribution in [3.05, 3.63) is 0 Å². The van der Waals surface area contributed by atoms with Gasteiger partial charge in [-0.1, -0.05) is 41.5 Å². The van der Waals surface area contributed by atoms with E-state index >= 15 is 0 Å². The second kappa shape index (κ2) is 20.2. The topological polar surface area (TPSA) is 136 Å². The zero-order valence-electron chi connectivity index (χ0n) is 25.6. The van der Waals surface area contributed by atoms with Crippen molar-refractivity contribution in [2.45, 2.75) is 119 Å². The van der Waals surface area contributed by atoms with Crippen molar-refractivity contribution in [1.82, 2.24) is 10.9 Å². The van der Waals surface area contributed by atoms with Crippen LogP contribution in [0.2, 0.25) is 0 Å². The maximum Gasteiger partial charge on any atom is 0.305 e. The molecule has 0 aromatic heterocycles. The first-order valence-electron chi connectivity index (χ1n) is 15.0. The fourth-order valence-corrected chi connectivity index (χ4v) is 4.08. The summed E-state index contributed by atoms with van der Waals surface area (Å²) in [5, 5.41) is 8.69.